The molecule has 2 aliphatic heterocycles. The summed E-state index contributed by atoms with van der Waals surface area (Å²) in [5.41, 5.74) is 3.09. The van der Waals surface area contributed by atoms with E-state index in [1.807, 2.05) is 4.90 Å². The summed E-state index contributed by atoms with van der Waals surface area (Å²) in [6.07, 6.45) is 4.04. The van der Waals surface area contributed by atoms with Crippen LogP contribution in [0, 0.1) is 0 Å². The predicted octanol–water partition coefficient (Wildman–Crippen LogP) is 0.287. The van der Waals surface area contributed by atoms with Gasteiger partial charge < -0.3 is 10.3 Å². The van der Waals surface area contributed by atoms with Crippen LogP contribution in [0.25, 0.3) is 0 Å². The van der Waals surface area contributed by atoms with Crippen LogP contribution >= 0.6 is 0 Å². The molecule has 1 atom stereocenters. The third-order valence-corrected chi connectivity index (χ3v) is 4.03. The lowest BCUT2D eigenvalue weighted by Gasteiger charge is -2.37. The van der Waals surface area contributed by atoms with Gasteiger partial charge in [-0.1, -0.05) is 0 Å². The van der Waals surface area contributed by atoms with Gasteiger partial charge in [-0.3, -0.25) is 9.69 Å². The molecule has 3 N–H and O–H groups in total. The molecule has 0 aromatic carbocycles. The Morgan fingerprint density at radius 2 is 2.26 bits per heavy atom. The topological polar surface area (TPSA) is 74.5 Å². The molecule has 2 fully saturated rings. The minimum absolute atomic E-state index is 0.0719. The molecule has 0 bridgehead atoms. The van der Waals surface area contributed by atoms with Gasteiger partial charge in [0.05, 0.1) is 5.56 Å². The van der Waals surface area contributed by atoms with E-state index in [1.54, 1.807) is 18.3 Å². The summed E-state index contributed by atoms with van der Waals surface area (Å²) in [5.74, 6) is 5.90. The molecular formula is C13H19N5O. The van der Waals surface area contributed by atoms with Crippen LogP contribution in [0.5, 0.6) is 0 Å². The van der Waals surface area contributed by atoms with E-state index >= 15 is 0 Å². The van der Waals surface area contributed by atoms with Gasteiger partial charge in [-0.25, -0.2) is 10.8 Å². The molecule has 6 nitrogen and oxygen atoms in total. The highest BCUT2D eigenvalue weighted by Crippen LogP contribution is 2.22. The number of hydrogen-bond donors (Lipinski definition) is 2. The Labute approximate surface area is 112 Å². The number of anilines is 1. The van der Waals surface area contributed by atoms with Crippen LogP contribution in [0.4, 0.5) is 5.82 Å². The first-order valence-corrected chi connectivity index (χ1v) is 6.74. The fourth-order valence-electron chi connectivity index (χ4n) is 2.96. The largest absolute Gasteiger partial charge is 0.336 e. The first-order valence-electron chi connectivity index (χ1n) is 6.74. The SMILES string of the molecule is NNc1ccc(C(=O)N2CCN3CCCC3C2)cn1. The number of carbonyl (C=O) groups excluding carboxylic acids is 1. The zero-order valence-corrected chi connectivity index (χ0v) is 10.9. The molecule has 0 aliphatic carbocycles. The van der Waals surface area contributed by atoms with Crippen LogP contribution in [0.3, 0.4) is 0 Å². The number of nitrogens with zero attached hydrogens (tertiary/aromatic N) is 3. The second kappa shape index (κ2) is 5.14. The fraction of sp³-hybridized carbons (Fsp3) is 0.538. The molecule has 6 heteroatoms. The maximum Gasteiger partial charge on any atom is 0.255 e. The number of nitrogens with two attached hydrogens (primary N) is 1. The zero-order chi connectivity index (χ0) is 13.2. The molecule has 2 aliphatic rings. The van der Waals surface area contributed by atoms with Crippen LogP contribution in [0.2, 0.25) is 0 Å². The van der Waals surface area contributed by atoms with Gasteiger partial charge in [-0.05, 0) is 31.5 Å². The molecule has 2 saturated heterocycles. The maximum atomic E-state index is 12.4. The number of nitrogen functional groups attached to an aromatic ring is 1. The van der Waals surface area contributed by atoms with Crippen molar-refractivity contribution in [2.24, 2.45) is 5.84 Å². The van der Waals surface area contributed by atoms with Crippen molar-refractivity contribution in [1.29, 1.82) is 0 Å². The average Bonchev–Trinajstić information content (AvgIpc) is 2.94. The lowest BCUT2D eigenvalue weighted by Crippen LogP contribution is -2.52. The maximum absolute atomic E-state index is 12.4. The minimum Gasteiger partial charge on any atom is -0.336 e. The summed E-state index contributed by atoms with van der Waals surface area (Å²) in [7, 11) is 0. The highest BCUT2D eigenvalue weighted by molar-refractivity contribution is 5.94. The van der Waals surface area contributed by atoms with Gasteiger partial charge in [0.25, 0.3) is 5.91 Å². The highest BCUT2D eigenvalue weighted by atomic mass is 16.2. The Morgan fingerprint density at radius 1 is 1.37 bits per heavy atom. The third-order valence-electron chi connectivity index (χ3n) is 4.03. The summed E-state index contributed by atoms with van der Waals surface area (Å²) in [5, 5.41) is 0. The van der Waals surface area contributed by atoms with E-state index in [4.69, 9.17) is 5.84 Å². The molecule has 1 amide bonds. The molecule has 1 unspecified atom stereocenters. The molecule has 0 saturated carbocycles. The van der Waals surface area contributed by atoms with E-state index in [-0.39, 0.29) is 5.91 Å². The first-order chi connectivity index (χ1) is 9.28. The molecule has 0 radical (unpaired) electrons. The number of amides is 1. The number of hydrazine groups is 1. The Hall–Kier alpha value is -1.66. The molecule has 102 valence electrons. The predicted molar refractivity (Wildman–Crippen MR) is 72.5 cm³/mol. The normalized spacial score (nSPS) is 23.2. The van der Waals surface area contributed by atoms with Crippen LogP contribution in [-0.2, 0) is 0 Å². The molecule has 1 aromatic heterocycles. The number of rotatable bonds is 2. The Kier molecular flexibility index (Phi) is 3.35. The summed E-state index contributed by atoms with van der Waals surface area (Å²) in [6, 6.07) is 4.04. The average molecular weight is 261 g/mol. The summed E-state index contributed by atoms with van der Waals surface area (Å²) >= 11 is 0. The Morgan fingerprint density at radius 3 is 3.00 bits per heavy atom. The van der Waals surface area contributed by atoms with E-state index in [1.165, 1.54) is 19.4 Å². The van der Waals surface area contributed by atoms with Gasteiger partial charge >= 0.3 is 0 Å². The van der Waals surface area contributed by atoms with Gasteiger partial charge in [0, 0.05) is 31.9 Å². The number of carbonyl (C=O) groups is 1. The number of nitrogens with one attached hydrogen (secondary N) is 1. The van der Waals surface area contributed by atoms with Crippen molar-refractivity contribution in [3.8, 4) is 0 Å². The first kappa shape index (κ1) is 12.4. The molecule has 1 aromatic rings. The quantitative estimate of drug-likeness (QED) is 0.591. The lowest BCUT2D eigenvalue weighted by molar-refractivity contribution is 0.0571. The van der Waals surface area contributed by atoms with E-state index in [0.29, 0.717) is 17.4 Å². The lowest BCUT2D eigenvalue weighted by atomic mass is 10.1. The summed E-state index contributed by atoms with van der Waals surface area (Å²) in [6.45, 7) is 3.83. The number of fused-ring (bicyclic) bond motifs is 1. The van der Waals surface area contributed by atoms with Gasteiger partial charge in [0.15, 0.2) is 0 Å². The molecule has 3 rings (SSSR count). The number of pyridine rings is 1. The second-order valence-electron chi connectivity index (χ2n) is 5.16. The van der Waals surface area contributed by atoms with Crippen molar-refractivity contribution < 1.29 is 4.79 Å². The third kappa shape index (κ3) is 2.41. The second-order valence-corrected chi connectivity index (χ2v) is 5.16. The fourth-order valence-corrected chi connectivity index (χ4v) is 2.96. The van der Waals surface area contributed by atoms with Crippen molar-refractivity contribution in [3.05, 3.63) is 23.9 Å². The minimum atomic E-state index is 0.0719. The molecule has 19 heavy (non-hydrogen) atoms. The van der Waals surface area contributed by atoms with Crippen molar-refractivity contribution in [3.63, 3.8) is 0 Å². The van der Waals surface area contributed by atoms with Gasteiger partial charge in [-0.15, -0.1) is 0 Å². The van der Waals surface area contributed by atoms with Gasteiger partial charge in [0.2, 0.25) is 0 Å². The summed E-state index contributed by atoms with van der Waals surface area (Å²) in [4.78, 5) is 20.9. The van der Waals surface area contributed by atoms with Gasteiger partial charge in [0.1, 0.15) is 5.82 Å². The van der Waals surface area contributed by atoms with Crippen LogP contribution in [0.1, 0.15) is 23.2 Å². The van der Waals surface area contributed by atoms with E-state index < -0.39 is 0 Å². The van der Waals surface area contributed by atoms with Crippen LogP contribution in [-0.4, -0.2) is 52.9 Å². The molecule has 0 spiro atoms. The van der Waals surface area contributed by atoms with Crippen LogP contribution < -0.4 is 11.3 Å². The number of aromatic nitrogens is 1. The highest BCUT2D eigenvalue weighted by Gasteiger charge is 2.32. The zero-order valence-electron chi connectivity index (χ0n) is 10.9. The van der Waals surface area contributed by atoms with E-state index in [0.717, 1.165) is 19.6 Å². The molecule has 3 heterocycles. The van der Waals surface area contributed by atoms with Gasteiger partial charge in [-0.2, -0.15) is 0 Å². The standard InChI is InChI=1S/C13H19N5O/c14-16-12-4-3-10(8-15-12)13(19)18-7-6-17-5-1-2-11(17)9-18/h3-4,8,11H,1-2,5-7,9,14H2,(H,15,16). The van der Waals surface area contributed by atoms with E-state index in [2.05, 4.69) is 15.3 Å². The van der Waals surface area contributed by atoms with E-state index in [9.17, 15) is 4.79 Å². The number of piperazine rings is 1. The van der Waals surface area contributed by atoms with Crippen molar-refractivity contribution in [1.82, 2.24) is 14.8 Å². The Bertz CT molecular complexity index is 461. The van der Waals surface area contributed by atoms with Crippen molar-refractivity contribution in [2.75, 3.05) is 31.6 Å². The van der Waals surface area contributed by atoms with Crippen LogP contribution in [0.15, 0.2) is 18.3 Å². The monoisotopic (exact) mass is 261 g/mol. The smallest absolute Gasteiger partial charge is 0.255 e. The van der Waals surface area contributed by atoms with Crippen molar-refractivity contribution in [2.45, 2.75) is 18.9 Å². The van der Waals surface area contributed by atoms with Crippen molar-refractivity contribution >= 4 is 11.7 Å². The summed E-state index contributed by atoms with van der Waals surface area (Å²) < 4.78 is 0. The number of hydrogen-bond acceptors (Lipinski definition) is 5. The molecular weight excluding hydrogens is 242 g/mol. The Balaban J connectivity index is 1.69.